The molecule has 0 aliphatic carbocycles. The quantitative estimate of drug-likeness (QED) is 0.711. The SMILES string of the molecule is Nc1nnc(NC2CC3CCC2O3)o1. The fourth-order valence-electron chi connectivity index (χ4n) is 2.24. The molecule has 2 aliphatic heterocycles. The van der Waals surface area contributed by atoms with Crippen LogP contribution in [-0.4, -0.2) is 28.4 Å². The molecule has 0 amide bonds. The van der Waals surface area contributed by atoms with E-state index in [-0.39, 0.29) is 6.01 Å². The van der Waals surface area contributed by atoms with Gasteiger partial charge in [-0.3, -0.25) is 0 Å². The highest BCUT2D eigenvalue weighted by Gasteiger charge is 2.41. The Hall–Kier alpha value is -1.30. The van der Waals surface area contributed by atoms with Gasteiger partial charge in [-0.05, 0) is 19.3 Å². The van der Waals surface area contributed by atoms with E-state index in [4.69, 9.17) is 14.9 Å². The first-order valence-electron chi connectivity index (χ1n) is 4.82. The largest absolute Gasteiger partial charge is 0.390 e. The highest BCUT2D eigenvalue weighted by atomic mass is 16.5. The molecule has 1 aromatic rings. The second-order valence-electron chi connectivity index (χ2n) is 3.81. The van der Waals surface area contributed by atoms with Crippen LogP contribution in [0, 0.1) is 0 Å². The van der Waals surface area contributed by atoms with Crippen molar-refractivity contribution in [2.45, 2.75) is 37.5 Å². The van der Waals surface area contributed by atoms with Crippen LogP contribution in [0.3, 0.4) is 0 Å². The molecule has 3 atom stereocenters. The molecule has 0 radical (unpaired) electrons. The van der Waals surface area contributed by atoms with Crippen molar-refractivity contribution in [2.24, 2.45) is 0 Å². The van der Waals surface area contributed by atoms with Gasteiger partial charge in [0.2, 0.25) is 0 Å². The Morgan fingerprint density at radius 2 is 2.29 bits per heavy atom. The average Bonchev–Trinajstić information content (AvgIpc) is 2.82. The maximum atomic E-state index is 5.68. The molecule has 0 spiro atoms. The first-order valence-corrected chi connectivity index (χ1v) is 4.82. The van der Waals surface area contributed by atoms with Crippen LogP contribution in [0.4, 0.5) is 12.0 Å². The summed E-state index contributed by atoms with van der Waals surface area (Å²) in [6, 6.07) is 0.786. The van der Waals surface area contributed by atoms with Crippen LogP contribution in [-0.2, 0) is 4.74 Å². The average molecular weight is 196 g/mol. The molecule has 76 valence electrons. The summed E-state index contributed by atoms with van der Waals surface area (Å²) in [4.78, 5) is 0. The zero-order chi connectivity index (χ0) is 9.54. The minimum Gasteiger partial charge on any atom is -0.390 e. The first-order chi connectivity index (χ1) is 6.81. The highest BCUT2D eigenvalue weighted by molar-refractivity contribution is 5.26. The molecule has 0 aromatic carbocycles. The van der Waals surface area contributed by atoms with Gasteiger partial charge in [-0.25, -0.2) is 0 Å². The van der Waals surface area contributed by atoms with Gasteiger partial charge in [0, 0.05) is 0 Å². The maximum Gasteiger partial charge on any atom is 0.317 e. The number of nitrogen functional groups attached to an aromatic ring is 1. The van der Waals surface area contributed by atoms with Gasteiger partial charge in [-0.2, -0.15) is 0 Å². The summed E-state index contributed by atoms with van der Waals surface area (Å²) in [6.45, 7) is 0. The van der Waals surface area contributed by atoms with Gasteiger partial charge < -0.3 is 20.2 Å². The third-order valence-corrected chi connectivity index (χ3v) is 2.86. The summed E-state index contributed by atoms with van der Waals surface area (Å²) in [5.74, 6) is 0. The number of nitrogens with zero attached hydrogens (tertiary/aromatic N) is 2. The Balaban J connectivity index is 1.68. The Kier molecular flexibility index (Phi) is 1.63. The van der Waals surface area contributed by atoms with Crippen molar-refractivity contribution in [1.82, 2.24) is 10.2 Å². The van der Waals surface area contributed by atoms with E-state index in [0.717, 1.165) is 12.8 Å². The Morgan fingerprint density at radius 3 is 2.86 bits per heavy atom. The summed E-state index contributed by atoms with van der Waals surface area (Å²) in [7, 11) is 0. The van der Waals surface area contributed by atoms with Gasteiger partial charge in [-0.15, -0.1) is 0 Å². The summed E-state index contributed by atoms with van der Waals surface area (Å²) < 4.78 is 10.7. The van der Waals surface area contributed by atoms with Crippen molar-refractivity contribution in [3.63, 3.8) is 0 Å². The summed E-state index contributed by atoms with van der Waals surface area (Å²) >= 11 is 0. The third-order valence-electron chi connectivity index (χ3n) is 2.86. The number of hydrogen-bond donors (Lipinski definition) is 2. The van der Waals surface area contributed by atoms with Gasteiger partial charge in [0.15, 0.2) is 0 Å². The van der Waals surface area contributed by atoms with Crippen molar-refractivity contribution < 1.29 is 9.15 Å². The van der Waals surface area contributed by atoms with Crippen LogP contribution < -0.4 is 11.1 Å². The third kappa shape index (κ3) is 1.22. The van der Waals surface area contributed by atoms with Crippen LogP contribution in [0.2, 0.25) is 0 Å². The van der Waals surface area contributed by atoms with Gasteiger partial charge in [0.05, 0.1) is 18.2 Å². The molecule has 3 rings (SSSR count). The van der Waals surface area contributed by atoms with Crippen molar-refractivity contribution in [3.8, 4) is 0 Å². The second kappa shape index (κ2) is 2.84. The van der Waals surface area contributed by atoms with Gasteiger partial charge in [0.25, 0.3) is 0 Å². The number of fused-ring (bicyclic) bond motifs is 2. The molecule has 3 N–H and O–H groups in total. The highest BCUT2D eigenvalue weighted by Crippen LogP contribution is 2.35. The van der Waals surface area contributed by atoms with E-state index >= 15 is 0 Å². The van der Waals surface area contributed by atoms with Crippen LogP contribution in [0.25, 0.3) is 0 Å². The van der Waals surface area contributed by atoms with Crippen molar-refractivity contribution in [3.05, 3.63) is 0 Å². The van der Waals surface area contributed by atoms with Crippen molar-refractivity contribution in [2.75, 3.05) is 11.1 Å². The molecule has 3 unspecified atom stereocenters. The molecule has 1 aromatic heterocycles. The predicted octanol–water partition coefficient (Wildman–Crippen LogP) is 0.384. The van der Waals surface area contributed by atoms with Gasteiger partial charge in [-0.1, -0.05) is 10.2 Å². The Bertz CT molecular complexity index is 340. The molecule has 2 saturated heterocycles. The molecular formula is C8H12N4O2. The monoisotopic (exact) mass is 196 g/mol. The zero-order valence-electron chi connectivity index (χ0n) is 7.64. The smallest absolute Gasteiger partial charge is 0.317 e. The number of aromatic nitrogens is 2. The lowest BCUT2D eigenvalue weighted by Gasteiger charge is -2.18. The summed E-state index contributed by atoms with van der Waals surface area (Å²) in [6.07, 6.45) is 4.03. The number of nitrogens with two attached hydrogens (primary N) is 1. The van der Waals surface area contributed by atoms with Crippen LogP contribution in [0.15, 0.2) is 4.42 Å². The van der Waals surface area contributed by atoms with Crippen molar-refractivity contribution in [1.29, 1.82) is 0 Å². The molecule has 2 bridgehead atoms. The summed E-state index contributed by atoms with van der Waals surface area (Å²) in [5.41, 5.74) is 5.32. The lowest BCUT2D eigenvalue weighted by Crippen LogP contribution is -2.30. The van der Waals surface area contributed by atoms with Crippen LogP contribution in [0.1, 0.15) is 19.3 Å². The second-order valence-corrected chi connectivity index (χ2v) is 3.81. The fraction of sp³-hybridized carbons (Fsp3) is 0.750. The topological polar surface area (TPSA) is 86.2 Å². The van der Waals surface area contributed by atoms with Gasteiger partial charge >= 0.3 is 12.0 Å². The molecule has 6 heteroatoms. The van der Waals surface area contributed by atoms with Crippen LogP contribution in [0.5, 0.6) is 0 Å². The minimum atomic E-state index is 0.0941. The number of hydrogen-bond acceptors (Lipinski definition) is 6. The number of anilines is 2. The summed E-state index contributed by atoms with van der Waals surface area (Å²) in [5, 5.41) is 10.5. The standard InChI is InChI=1S/C8H12N4O2/c9-7-11-12-8(14-7)10-5-3-4-1-2-6(5)13-4/h4-6H,1-3H2,(H2,9,11)(H,10,12). The zero-order valence-corrected chi connectivity index (χ0v) is 7.64. The molecular weight excluding hydrogens is 184 g/mol. The number of nitrogens with one attached hydrogen (secondary N) is 1. The minimum absolute atomic E-state index is 0.0941. The lowest BCUT2D eigenvalue weighted by atomic mass is 9.96. The van der Waals surface area contributed by atoms with E-state index in [2.05, 4.69) is 15.5 Å². The molecule has 2 aliphatic rings. The van der Waals surface area contributed by atoms with E-state index in [1.54, 1.807) is 0 Å². The van der Waals surface area contributed by atoms with E-state index in [9.17, 15) is 0 Å². The van der Waals surface area contributed by atoms with Crippen molar-refractivity contribution >= 4 is 12.0 Å². The normalized spacial score (nSPS) is 35.0. The van der Waals surface area contributed by atoms with E-state index < -0.39 is 0 Å². The first kappa shape index (κ1) is 8.05. The molecule has 0 saturated carbocycles. The van der Waals surface area contributed by atoms with E-state index in [1.807, 2.05) is 0 Å². The predicted molar refractivity (Wildman–Crippen MR) is 48.6 cm³/mol. The number of rotatable bonds is 2. The fourth-order valence-corrected chi connectivity index (χ4v) is 2.24. The Morgan fingerprint density at radius 1 is 1.36 bits per heavy atom. The van der Waals surface area contributed by atoms with Gasteiger partial charge in [0.1, 0.15) is 0 Å². The molecule has 14 heavy (non-hydrogen) atoms. The number of ether oxygens (including phenoxy) is 1. The molecule has 3 heterocycles. The maximum absolute atomic E-state index is 5.68. The molecule has 6 nitrogen and oxygen atoms in total. The lowest BCUT2D eigenvalue weighted by molar-refractivity contribution is 0.102. The van der Waals surface area contributed by atoms with E-state index in [0.29, 0.717) is 24.3 Å². The molecule has 2 fully saturated rings. The van der Waals surface area contributed by atoms with E-state index in [1.165, 1.54) is 6.42 Å². The van der Waals surface area contributed by atoms with Crippen LogP contribution >= 0.6 is 0 Å². The Labute approximate surface area is 80.8 Å².